The Morgan fingerprint density at radius 2 is 1.94 bits per heavy atom. The molecule has 0 aliphatic carbocycles. The molecule has 4 heteroatoms. The van der Waals surface area contributed by atoms with Crippen LogP contribution < -0.4 is 0 Å². The van der Waals surface area contributed by atoms with Crippen molar-refractivity contribution in [3.63, 3.8) is 0 Å². The quantitative estimate of drug-likeness (QED) is 0.612. The lowest BCUT2D eigenvalue weighted by molar-refractivity contribution is 0.628. The third-order valence-electron chi connectivity index (χ3n) is 1.97. The highest BCUT2D eigenvalue weighted by Gasteiger charge is 1.95. The van der Waals surface area contributed by atoms with Crippen LogP contribution in [0.1, 0.15) is 5.56 Å². The number of rotatable bonds is 2. The molecule has 2 nitrogen and oxygen atoms in total. The predicted molar refractivity (Wildman–Crippen MR) is 70.6 cm³/mol. The van der Waals surface area contributed by atoms with E-state index >= 15 is 0 Å². The summed E-state index contributed by atoms with van der Waals surface area (Å²) in [7, 11) is 0. The molecule has 0 saturated carbocycles. The molecule has 0 bridgehead atoms. The first-order valence-electron chi connectivity index (χ1n) is 4.65. The van der Waals surface area contributed by atoms with Crippen molar-refractivity contribution < 1.29 is 4.39 Å². The number of aromatic nitrogens is 1. The molecule has 0 spiro atoms. The van der Waals surface area contributed by atoms with Gasteiger partial charge >= 0.3 is 0 Å². The molecule has 0 aliphatic heterocycles. The average Bonchev–Trinajstić information content (AvgIpc) is 2.30. The van der Waals surface area contributed by atoms with Crippen LogP contribution in [-0.2, 0) is 0 Å². The van der Waals surface area contributed by atoms with Gasteiger partial charge in [-0.05, 0) is 46.4 Å². The van der Waals surface area contributed by atoms with Gasteiger partial charge in [-0.2, -0.15) is 0 Å². The Morgan fingerprint density at radius 1 is 1.19 bits per heavy atom. The Balaban J connectivity index is 2.21. The number of aliphatic imine (C=N–C) groups is 1. The molecule has 0 atom stereocenters. The van der Waals surface area contributed by atoms with Crippen LogP contribution >= 0.6 is 22.6 Å². The zero-order chi connectivity index (χ0) is 11.4. The van der Waals surface area contributed by atoms with Gasteiger partial charge in [0, 0.05) is 16.0 Å². The molecular weight excluding hydrogens is 318 g/mol. The van der Waals surface area contributed by atoms with Gasteiger partial charge in [0.15, 0.2) is 0 Å². The molecule has 80 valence electrons. The van der Waals surface area contributed by atoms with E-state index in [1.165, 1.54) is 12.1 Å². The van der Waals surface area contributed by atoms with Gasteiger partial charge < -0.3 is 0 Å². The highest BCUT2D eigenvalue weighted by molar-refractivity contribution is 14.1. The minimum absolute atomic E-state index is 0.242. The van der Waals surface area contributed by atoms with Crippen molar-refractivity contribution in [3.8, 4) is 0 Å². The standard InChI is InChI=1S/C12H8FIN2/c13-10-3-1-9(2-4-10)7-16-12-8-15-6-5-11(12)14/h1-8H. The molecule has 0 radical (unpaired) electrons. The highest BCUT2D eigenvalue weighted by atomic mass is 127. The van der Waals surface area contributed by atoms with Gasteiger partial charge in [0.05, 0.1) is 11.9 Å². The molecule has 0 fully saturated rings. The Labute approximate surface area is 106 Å². The van der Waals surface area contributed by atoms with Crippen LogP contribution in [0.3, 0.4) is 0 Å². The van der Waals surface area contributed by atoms with Gasteiger partial charge in [0.2, 0.25) is 0 Å². The molecular formula is C12H8FIN2. The van der Waals surface area contributed by atoms with E-state index in [2.05, 4.69) is 32.6 Å². The van der Waals surface area contributed by atoms with Crippen LogP contribution in [-0.4, -0.2) is 11.2 Å². The molecule has 16 heavy (non-hydrogen) atoms. The van der Waals surface area contributed by atoms with Gasteiger partial charge in [0.1, 0.15) is 5.82 Å². The van der Waals surface area contributed by atoms with E-state index < -0.39 is 0 Å². The predicted octanol–water partition coefficient (Wildman–Crippen LogP) is 3.58. The molecule has 2 aromatic rings. The van der Waals surface area contributed by atoms with Gasteiger partial charge in [-0.15, -0.1) is 0 Å². The fraction of sp³-hybridized carbons (Fsp3) is 0. The summed E-state index contributed by atoms with van der Waals surface area (Å²) in [6.45, 7) is 0. The number of benzene rings is 1. The first-order valence-corrected chi connectivity index (χ1v) is 5.73. The number of nitrogens with zero attached hydrogens (tertiary/aromatic N) is 2. The summed E-state index contributed by atoms with van der Waals surface area (Å²) in [5, 5.41) is 0. The summed E-state index contributed by atoms with van der Waals surface area (Å²) in [5.41, 5.74) is 1.67. The van der Waals surface area contributed by atoms with E-state index in [0.717, 1.165) is 14.8 Å². The van der Waals surface area contributed by atoms with E-state index in [9.17, 15) is 4.39 Å². The number of pyridine rings is 1. The van der Waals surface area contributed by atoms with Crippen LogP contribution in [0, 0.1) is 9.39 Å². The summed E-state index contributed by atoms with van der Waals surface area (Å²) >= 11 is 2.19. The molecule has 1 aromatic heterocycles. The molecule has 1 heterocycles. The van der Waals surface area contributed by atoms with Crippen LogP contribution in [0.5, 0.6) is 0 Å². The second-order valence-corrected chi connectivity index (χ2v) is 4.30. The number of hydrogen-bond acceptors (Lipinski definition) is 2. The maximum atomic E-state index is 12.7. The molecule has 0 N–H and O–H groups in total. The maximum absolute atomic E-state index is 12.7. The zero-order valence-electron chi connectivity index (χ0n) is 8.27. The van der Waals surface area contributed by atoms with Crippen LogP contribution in [0.15, 0.2) is 47.7 Å². The Hall–Kier alpha value is -1.30. The van der Waals surface area contributed by atoms with E-state index in [1.807, 2.05) is 6.07 Å². The van der Waals surface area contributed by atoms with Crippen molar-refractivity contribution in [1.29, 1.82) is 0 Å². The molecule has 2 rings (SSSR count). The summed E-state index contributed by atoms with van der Waals surface area (Å²) in [6, 6.07) is 8.08. The first kappa shape index (κ1) is 11.2. The Morgan fingerprint density at radius 3 is 2.62 bits per heavy atom. The fourth-order valence-electron chi connectivity index (χ4n) is 1.16. The lowest BCUT2D eigenvalue weighted by Crippen LogP contribution is -1.82. The minimum atomic E-state index is -0.242. The SMILES string of the molecule is Fc1ccc(C=Nc2cnccc2I)cc1. The second kappa shape index (κ2) is 5.16. The van der Waals surface area contributed by atoms with Gasteiger partial charge in [-0.3, -0.25) is 9.98 Å². The van der Waals surface area contributed by atoms with Crippen LogP contribution in [0.2, 0.25) is 0 Å². The summed E-state index contributed by atoms with van der Waals surface area (Å²) < 4.78 is 13.7. The monoisotopic (exact) mass is 326 g/mol. The van der Waals surface area contributed by atoms with Crippen molar-refractivity contribution >= 4 is 34.5 Å². The highest BCUT2D eigenvalue weighted by Crippen LogP contribution is 2.18. The lowest BCUT2D eigenvalue weighted by Gasteiger charge is -1.96. The molecule has 0 unspecified atom stereocenters. The first-order chi connectivity index (χ1) is 7.75. The third-order valence-corrected chi connectivity index (χ3v) is 2.88. The normalized spacial score (nSPS) is 10.9. The second-order valence-electron chi connectivity index (χ2n) is 3.14. The zero-order valence-corrected chi connectivity index (χ0v) is 10.4. The van der Waals surface area contributed by atoms with Crippen molar-refractivity contribution in [2.45, 2.75) is 0 Å². The molecule has 1 aromatic carbocycles. The molecule has 0 amide bonds. The van der Waals surface area contributed by atoms with Crippen molar-refractivity contribution in [2.75, 3.05) is 0 Å². The Kier molecular flexibility index (Phi) is 3.61. The topological polar surface area (TPSA) is 25.2 Å². The maximum Gasteiger partial charge on any atom is 0.123 e. The van der Waals surface area contributed by atoms with E-state index in [0.29, 0.717) is 0 Å². The number of hydrogen-bond donors (Lipinski definition) is 0. The van der Waals surface area contributed by atoms with E-state index in [4.69, 9.17) is 0 Å². The van der Waals surface area contributed by atoms with Crippen LogP contribution in [0.4, 0.5) is 10.1 Å². The third kappa shape index (κ3) is 2.85. The summed E-state index contributed by atoms with van der Waals surface area (Å²) in [5.74, 6) is -0.242. The van der Waals surface area contributed by atoms with Crippen molar-refractivity contribution in [1.82, 2.24) is 4.98 Å². The largest absolute Gasteiger partial charge is 0.262 e. The van der Waals surface area contributed by atoms with E-state index in [1.54, 1.807) is 30.7 Å². The Bertz CT molecular complexity index is 509. The fourth-order valence-corrected chi connectivity index (χ4v) is 1.60. The minimum Gasteiger partial charge on any atom is -0.262 e. The van der Waals surface area contributed by atoms with Gasteiger partial charge in [-0.25, -0.2) is 4.39 Å². The average molecular weight is 326 g/mol. The van der Waals surface area contributed by atoms with Gasteiger partial charge in [-0.1, -0.05) is 12.1 Å². The van der Waals surface area contributed by atoms with Crippen molar-refractivity contribution in [2.24, 2.45) is 4.99 Å². The molecule has 0 aliphatic rings. The smallest absolute Gasteiger partial charge is 0.123 e. The lowest BCUT2D eigenvalue weighted by atomic mass is 10.2. The summed E-state index contributed by atoms with van der Waals surface area (Å²) in [6.07, 6.45) is 5.11. The van der Waals surface area contributed by atoms with E-state index in [-0.39, 0.29) is 5.82 Å². The molecule has 0 saturated heterocycles. The number of halogens is 2. The van der Waals surface area contributed by atoms with Crippen molar-refractivity contribution in [3.05, 3.63) is 57.7 Å². The summed E-state index contributed by atoms with van der Waals surface area (Å²) in [4.78, 5) is 8.28. The van der Waals surface area contributed by atoms with Gasteiger partial charge in [0.25, 0.3) is 0 Å². The van der Waals surface area contributed by atoms with Crippen LogP contribution in [0.25, 0.3) is 0 Å².